The first-order valence-electron chi connectivity index (χ1n) is 6.24. The highest BCUT2D eigenvalue weighted by Crippen LogP contribution is 2.25. The molecule has 0 saturated carbocycles. The molecule has 21 heavy (non-hydrogen) atoms. The van der Waals surface area contributed by atoms with Crippen LogP contribution in [0.25, 0.3) is 0 Å². The highest BCUT2D eigenvalue weighted by Gasteiger charge is 2.18. The highest BCUT2D eigenvalue weighted by molar-refractivity contribution is 5.91. The molecule has 0 aromatic heterocycles. The molecule has 0 radical (unpaired) electrons. The second-order valence-electron chi connectivity index (χ2n) is 4.45. The number of carbonyl (C=O) groups excluding carboxylic acids is 1. The molecule has 1 fully saturated rings. The summed E-state index contributed by atoms with van der Waals surface area (Å²) in [6, 6.07) is 1.95. The van der Waals surface area contributed by atoms with Crippen molar-refractivity contribution in [3.8, 4) is 5.75 Å². The van der Waals surface area contributed by atoms with Crippen LogP contribution in [0, 0.1) is 11.6 Å². The molecule has 1 heterocycles. The van der Waals surface area contributed by atoms with Crippen LogP contribution in [-0.4, -0.2) is 38.8 Å². The zero-order valence-corrected chi connectivity index (χ0v) is 12.3. The van der Waals surface area contributed by atoms with E-state index in [9.17, 15) is 13.6 Å². The molecule has 1 amide bonds. The predicted molar refractivity (Wildman–Crippen MR) is 76.0 cm³/mol. The van der Waals surface area contributed by atoms with Crippen LogP contribution in [0.3, 0.4) is 0 Å². The Balaban J connectivity index is 0.00000220. The number of nitrogens with one attached hydrogen (secondary N) is 2. The minimum absolute atomic E-state index is 0. The third-order valence-electron chi connectivity index (χ3n) is 2.92. The Kier molecular flexibility index (Phi) is 6.80. The summed E-state index contributed by atoms with van der Waals surface area (Å²) < 4.78 is 36.7. The number of halogens is 3. The van der Waals surface area contributed by atoms with Gasteiger partial charge in [0.1, 0.15) is 0 Å². The summed E-state index contributed by atoms with van der Waals surface area (Å²) in [5.74, 6) is -2.52. The topological polar surface area (TPSA) is 59.6 Å². The van der Waals surface area contributed by atoms with Crippen molar-refractivity contribution in [3.63, 3.8) is 0 Å². The van der Waals surface area contributed by atoms with Crippen molar-refractivity contribution in [1.82, 2.24) is 5.32 Å². The number of hydrogen-bond acceptors (Lipinski definition) is 4. The van der Waals surface area contributed by atoms with E-state index in [1.54, 1.807) is 0 Å². The van der Waals surface area contributed by atoms with Crippen molar-refractivity contribution in [2.45, 2.75) is 12.5 Å². The maximum absolute atomic E-state index is 13.5. The maximum atomic E-state index is 13.5. The van der Waals surface area contributed by atoms with Gasteiger partial charge in [-0.25, -0.2) is 8.78 Å². The lowest BCUT2D eigenvalue weighted by Gasteiger charge is -2.23. The van der Waals surface area contributed by atoms with Gasteiger partial charge in [0, 0.05) is 36.8 Å². The van der Waals surface area contributed by atoms with Gasteiger partial charge < -0.3 is 20.1 Å². The SMILES string of the molecule is COc1c(F)cc(NC(=O)CC2COCCN2)cc1F.Cl. The van der Waals surface area contributed by atoms with E-state index in [0.29, 0.717) is 19.8 Å². The largest absolute Gasteiger partial charge is 0.491 e. The second kappa shape index (κ2) is 8.11. The Labute approximate surface area is 127 Å². The summed E-state index contributed by atoms with van der Waals surface area (Å²) in [7, 11) is 1.18. The number of benzene rings is 1. The van der Waals surface area contributed by atoms with Crippen molar-refractivity contribution >= 4 is 24.0 Å². The van der Waals surface area contributed by atoms with Gasteiger partial charge in [0.05, 0.1) is 20.3 Å². The van der Waals surface area contributed by atoms with E-state index in [0.717, 1.165) is 12.1 Å². The summed E-state index contributed by atoms with van der Waals surface area (Å²) >= 11 is 0. The highest BCUT2D eigenvalue weighted by atomic mass is 35.5. The van der Waals surface area contributed by atoms with Crippen molar-refractivity contribution < 1.29 is 23.0 Å². The molecule has 118 valence electrons. The molecule has 1 aliphatic rings. The Hall–Kier alpha value is -1.44. The van der Waals surface area contributed by atoms with Gasteiger partial charge in [-0.15, -0.1) is 12.4 Å². The predicted octanol–water partition coefficient (Wildman–Crippen LogP) is 1.71. The number of hydrogen-bond donors (Lipinski definition) is 2. The van der Waals surface area contributed by atoms with Gasteiger partial charge in [-0.3, -0.25) is 4.79 Å². The quantitative estimate of drug-likeness (QED) is 0.886. The van der Waals surface area contributed by atoms with Crippen LogP contribution in [0.1, 0.15) is 6.42 Å². The van der Waals surface area contributed by atoms with Gasteiger partial charge in [-0.1, -0.05) is 0 Å². The van der Waals surface area contributed by atoms with E-state index in [4.69, 9.17) is 4.74 Å². The molecule has 0 spiro atoms. The number of amides is 1. The van der Waals surface area contributed by atoms with Crippen molar-refractivity contribution in [1.29, 1.82) is 0 Å². The number of ether oxygens (including phenoxy) is 2. The molecule has 1 unspecified atom stereocenters. The van der Waals surface area contributed by atoms with Crippen LogP contribution >= 0.6 is 12.4 Å². The molecular weight excluding hydrogens is 306 g/mol. The number of rotatable bonds is 4. The first kappa shape index (κ1) is 17.6. The standard InChI is InChI=1S/C13H16F2N2O3.ClH/c1-19-13-10(14)4-8(5-11(13)15)17-12(18)6-9-7-20-3-2-16-9;/h4-5,9,16H,2-3,6-7H2,1H3,(H,17,18);1H. The Morgan fingerprint density at radius 3 is 2.67 bits per heavy atom. The third kappa shape index (κ3) is 4.80. The molecule has 1 aromatic rings. The lowest BCUT2D eigenvalue weighted by Crippen LogP contribution is -2.43. The van der Waals surface area contributed by atoms with Crippen molar-refractivity contribution in [2.24, 2.45) is 0 Å². The first-order chi connectivity index (χ1) is 9.60. The lowest BCUT2D eigenvalue weighted by atomic mass is 10.2. The maximum Gasteiger partial charge on any atom is 0.226 e. The molecule has 1 atom stereocenters. The normalized spacial score (nSPS) is 17.8. The van der Waals surface area contributed by atoms with Crippen LogP contribution in [0.2, 0.25) is 0 Å². The lowest BCUT2D eigenvalue weighted by molar-refractivity contribution is -0.117. The third-order valence-corrected chi connectivity index (χ3v) is 2.92. The molecule has 1 saturated heterocycles. The molecule has 8 heteroatoms. The Morgan fingerprint density at radius 2 is 2.14 bits per heavy atom. The monoisotopic (exact) mass is 322 g/mol. The average molecular weight is 323 g/mol. The van der Waals surface area contributed by atoms with Crippen LogP contribution in [0.4, 0.5) is 14.5 Å². The minimum Gasteiger partial charge on any atom is -0.491 e. The smallest absolute Gasteiger partial charge is 0.226 e. The molecule has 1 aromatic carbocycles. The van der Waals surface area contributed by atoms with Gasteiger partial charge >= 0.3 is 0 Å². The number of morpholine rings is 1. The van der Waals surface area contributed by atoms with Crippen LogP contribution in [0.15, 0.2) is 12.1 Å². The Bertz CT molecular complexity index is 473. The number of carbonyl (C=O) groups is 1. The second-order valence-corrected chi connectivity index (χ2v) is 4.45. The van der Waals surface area contributed by atoms with Gasteiger partial charge in [0.15, 0.2) is 17.4 Å². The van der Waals surface area contributed by atoms with Gasteiger partial charge in [0.25, 0.3) is 0 Å². The summed E-state index contributed by atoms with van der Waals surface area (Å²) in [6.07, 6.45) is 0.176. The van der Waals surface area contributed by atoms with Crippen molar-refractivity contribution in [2.75, 3.05) is 32.2 Å². The van der Waals surface area contributed by atoms with Crippen LogP contribution in [0.5, 0.6) is 5.75 Å². The van der Waals surface area contributed by atoms with E-state index in [-0.39, 0.29) is 36.5 Å². The fraction of sp³-hybridized carbons (Fsp3) is 0.462. The summed E-state index contributed by atoms with van der Waals surface area (Å²) in [5, 5.41) is 5.57. The summed E-state index contributed by atoms with van der Waals surface area (Å²) in [6.45, 7) is 1.75. The molecule has 0 bridgehead atoms. The van der Waals surface area contributed by atoms with Crippen molar-refractivity contribution in [3.05, 3.63) is 23.8 Å². The van der Waals surface area contributed by atoms with E-state index in [1.807, 2.05) is 0 Å². The molecule has 0 aliphatic carbocycles. The van der Waals surface area contributed by atoms with Gasteiger partial charge in [0.2, 0.25) is 5.91 Å². The fourth-order valence-corrected chi connectivity index (χ4v) is 2.01. The average Bonchev–Trinajstić information content (AvgIpc) is 2.39. The summed E-state index contributed by atoms with van der Waals surface area (Å²) in [5.41, 5.74) is 0.0579. The first-order valence-corrected chi connectivity index (χ1v) is 6.24. The van der Waals surface area contributed by atoms with E-state index >= 15 is 0 Å². The Morgan fingerprint density at radius 1 is 1.48 bits per heavy atom. The van der Waals surface area contributed by atoms with E-state index in [1.165, 1.54) is 7.11 Å². The molecule has 5 nitrogen and oxygen atoms in total. The molecule has 2 rings (SSSR count). The zero-order chi connectivity index (χ0) is 14.5. The van der Waals surface area contributed by atoms with E-state index in [2.05, 4.69) is 15.4 Å². The van der Waals surface area contributed by atoms with Gasteiger partial charge in [-0.2, -0.15) is 0 Å². The fourth-order valence-electron chi connectivity index (χ4n) is 2.01. The van der Waals surface area contributed by atoms with Gasteiger partial charge in [-0.05, 0) is 0 Å². The van der Waals surface area contributed by atoms with Crippen LogP contribution in [-0.2, 0) is 9.53 Å². The number of methoxy groups -OCH3 is 1. The number of anilines is 1. The zero-order valence-electron chi connectivity index (χ0n) is 11.4. The van der Waals surface area contributed by atoms with Crippen LogP contribution < -0.4 is 15.4 Å². The molecule has 1 aliphatic heterocycles. The molecule has 2 N–H and O–H groups in total. The van der Waals surface area contributed by atoms with E-state index < -0.39 is 17.4 Å². The minimum atomic E-state index is -0.859. The summed E-state index contributed by atoms with van der Waals surface area (Å²) in [4.78, 5) is 11.8. The molecular formula is C13H17ClF2N2O3.